The molecule has 28 heavy (non-hydrogen) atoms. The van der Waals surface area contributed by atoms with Crippen LogP contribution in [0, 0.1) is 0 Å². The maximum absolute atomic E-state index is 12.9. The molecule has 1 amide bonds. The number of piperidine rings is 1. The molecule has 6 nitrogen and oxygen atoms in total. The van der Waals surface area contributed by atoms with Crippen LogP contribution in [0.1, 0.15) is 35.2 Å². The van der Waals surface area contributed by atoms with Crippen LogP contribution in [-0.4, -0.2) is 38.7 Å². The molecule has 0 unspecified atom stereocenters. The molecule has 1 aliphatic heterocycles. The summed E-state index contributed by atoms with van der Waals surface area (Å²) >= 11 is 0. The van der Waals surface area contributed by atoms with E-state index >= 15 is 0 Å². The normalized spacial score (nSPS) is 14.1. The van der Waals surface area contributed by atoms with Gasteiger partial charge < -0.3 is 10.2 Å². The molecule has 1 aromatic carbocycles. The van der Waals surface area contributed by atoms with E-state index in [9.17, 15) is 4.79 Å². The number of benzene rings is 1. The van der Waals surface area contributed by atoms with Crippen LogP contribution in [0.25, 0.3) is 11.1 Å². The molecule has 0 radical (unpaired) electrons. The van der Waals surface area contributed by atoms with E-state index in [1.54, 1.807) is 10.9 Å². The van der Waals surface area contributed by atoms with Crippen LogP contribution >= 0.6 is 0 Å². The van der Waals surface area contributed by atoms with Crippen LogP contribution in [0.15, 0.2) is 55.0 Å². The number of carbonyl (C=O) groups is 1. The van der Waals surface area contributed by atoms with Gasteiger partial charge in [0.15, 0.2) is 0 Å². The summed E-state index contributed by atoms with van der Waals surface area (Å²) in [6, 6.07) is 12.0. The number of likely N-dealkylation sites (tertiary alicyclic amines) is 1. The minimum absolute atomic E-state index is 0.0689. The summed E-state index contributed by atoms with van der Waals surface area (Å²) in [6.07, 6.45) is 8.95. The molecule has 3 heterocycles. The number of carbonyl (C=O) groups excluding carboxylic acids is 1. The van der Waals surface area contributed by atoms with Gasteiger partial charge in [0.1, 0.15) is 5.82 Å². The number of pyridine rings is 1. The van der Waals surface area contributed by atoms with Gasteiger partial charge in [-0.05, 0) is 48.6 Å². The predicted molar refractivity (Wildman–Crippen MR) is 110 cm³/mol. The van der Waals surface area contributed by atoms with Gasteiger partial charge in [-0.25, -0.2) is 4.98 Å². The smallest absolute Gasteiger partial charge is 0.257 e. The highest BCUT2D eigenvalue weighted by molar-refractivity contribution is 5.98. The molecule has 0 atom stereocenters. The SMILES string of the molecule is Cn1cc(-c2cccc(CNc3ncccc3C(=O)N3CCCCC3)c2)cn1. The fraction of sp³-hybridized carbons (Fsp3) is 0.318. The summed E-state index contributed by atoms with van der Waals surface area (Å²) in [4.78, 5) is 19.3. The van der Waals surface area contributed by atoms with Crippen LogP contribution in [0.3, 0.4) is 0 Å². The Kier molecular flexibility index (Phi) is 5.37. The number of amides is 1. The maximum atomic E-state index is 12.9. The zero-order chi connectivity index (χ0) is 19.3. The van der Waals surface area contributed by atoms with E-state index in [2.05, 4.69) is 33.6 Å². The van der Waals surface area contributed by atoms with Gasteiger partial charge in [-0.1, -0.05) is 18.2 Å². The van der Waals surface area contributed by atoms with Gasteiger partial charge in [-0.3, -0.25) is 9.48 Å². The molecule has 0 aliphatic carbocycles. The molecule has 6 heteroatoms. The summed E-state index contributed by atoms with van der Waals surface area (Å²) in [6.45, 7) is 2.27. The molecule has 0 bridgehead atoms. The van der Waals surface area contributed by atoms with Gasteiger partial charge in [-0.15, -0.1) is 0 Å². The van der Waals surface area contributed by atoms with Gasteiger partial charge in [0, 0.05) is 44.6 Å². The summed E-state index contributed by atoms with van der Waals surface area (Å²) in [5.41, 5.74) is 3.98. The van der Waals surface area contributed by atoms with Crippen molar-refractivity contribution in [3.8, 4) is 11.1 Å². The van der Waals surface area contributed by atoms with Crippen molar-refractivity contribution in [1.82, 2.24) is 19.7 Å². The lowest BCUT2D eigenvalue weighted by Gasteiger charge is -2.27. The summed E-state index contributed by atoms with van der Waals surface area (Å²) in [5.74, 6) is 0.712. The van der Waals surface area contributed by atoms with Crippen molar-refractivity contribution in [2.45, 2.75) is 25.8 Å². The molecule has 4 rings (SSSR count). The highest BCUT2D eigenvalue weighted by Crippen LogP contribution is 2.22. The Labute approximate surface area is 165 Å². The number of rotatable bonds is 5. The first-order valence-corrected chi connectivity index (χ1v) is 9.77. The molecule has 1 saturated heterocycles. The summed E-state index contributed by atoms with van der Waals surface area (Å²) < 4.78 is 1.80. The number of aryl methyl sites for hydroxylation is 1. The van der Waals surface area contributed by atoms with Crippen molar-refractivity contribution in [2.75, 3.05) is 18.4 Å². The Balaban J connectivity index is 1.49. The van der Waals surface area contributed by atoms with E-state index in [0.29, 0.717) is 17.9 Å². The Morgan fingerprint density at radius 1 is 1.11 bits per heavy atom. The molecule has 1 aliphatic rings. The minimum Gasteiger partial charge on any atom is -0.365 e. The first-order chi connectivity index (χ1) is 13.7. The molecular weight excluding hydrogens is 350 g/mol. The van der Waals surface area contributed by atoms with Gasteiger partial charge in [0.2, 0.25) is 0 Å². The molecular formula is C22H25N5O. The first-order valence-electron chi connectivity index (χ1n) is 9.77. The molecule has 1 fully saturated rings. The Morgan fingerprint density at radius 2 is 1.96 bits per heavy atom. The lowest BCUT2D eigenvalue weighted by atomic mass is 10.1. The number of anilines is 1. The van der Waals surface area contributed by atoms with Crippen molar-refractivity contribution in [1.29, 1.82) is 0 Å². The van der Waals surface area contributed by atoms with Crippen molar-refractivity contribution in [3.05, 3.63) is 66.1 Å². The van der Waals surface area contributed by atoms with Crippen molar-refractivity contribution < 1.29 is 4.79 Å². The number of hydrogen-bond donors (Lipinski definition) is 1. The molecule has 0 saturated carbocycles. The zero-order valence-corrected chi connectivity index (χ0v) is 16.1. The van der Waals surface area contributed by atoms with Crippen LogP contribution in [0.4, 0.5) is 5.82 Å². The third kappa shape index (κ3) is 4.06. The molecule has 3 aromatic rings. The Morgan fingerprint density at radius 3 is 2.75 bits per heavy atom. The lowest BCUT2D eigenvalue weighted by molar-refractivity contribution is 0.0725. The lowest BCUT2D eigenvalue weighted by Crippen LogP contribution is -2.36. The standard InChI is InChI=1S/C22H25N5O/c1-26-16-19(15-25-26)18-8-5-7-17(13-18)14-24-21-20(9-6-10-23-21)22(28)27-11-3-2-4-12-27/h5-10,13,15-16H,2-4,11-12,14H2,1H3,(H,23,24). The number of nitrogens with one attached hydrogen (secondary N) is 1. The monoisotopic (exact) mass is 375 g/mol. The molecule has 144 valence electrons. The topological polar surface area (TPSA) is 63.1 Å². The first kappa shape index (κ1) is 18.2. The fourth-order valence-electron chi connectivity index (χ4n) is 3.60. The second kappa shape index (κ2) is 8.25. The maximum Gasteiger partial charge on any atom is 0.257 e. The average Bonchev–Trinajstić information content (AvgIpc) is 3.19. The third-order valence-corrected chi connectivity index (χ3v) is 5.11. The van der Waals surface area contributed by atoms with E-state index < -0.39 is 0 Å². The van der Waals surface area contributed by atoms with E-state index in [0.717, 1.165) is 42.6 Å². The Bertz CT molecular complexity index is 959. The predicted octanol–water partition coefficient (Wildman–Crippen LogP) is 3.72. The highest BCUT2D eigenvalue weighted by Gasteiger charge is 2.21. The zero-order valence-electron chi connectivity index (χ0n) is 16.1. The third-order valence-electron chi connectivity index (χ3n) is 5.11. The number of nitrogens with zero attached hydrogens (tertiary/aromatic N) is 4. The van der Waals surface area contributed by atoms with E-state index in [1.165, 1.54) is 6.42 Å². The van der Waals surface area contributed by atoms with Crippen LogP contribution in [-0.2, 0) is 13.6 Å². The second-order valence-corrected chi connectivity index (χ2v) is 7.21. The van der Waals surface area contributed by atoms with Gasteiger partial charge in [0.25, 0.3) is 5.91 Å². The molecule has 0 spiro atoms. The quantitative estimate of drug-likeness (QED) is 0.738. The number of hydrogen-bond acceptors (Lipinski definition) is 4. The van der Waals surface area contributed by atoms with Gasteiger partial charge in [-0.2, -0.15) is 5.10 Å². The Hall–Kier alpha value is -3.15. The van der Waals surface area contributed by atoms with E-state index in [-0.39, 0.29) is 5.91 Å². The largest absolute Gasteiger partial charge is 0.365 e. The van der Waals surface area contributed by atoms with Gasteiger partial charge >= 0.3 is 0 Å². The molecule has 1 N–H and O–H groups in total. The van der Waals surface area contributed by atoms with Gasteiger partial charge in [0.05, 0.1) is 11.8 Å². The second-order valence-electron chi connectivity index (χ2n) is 7.21. The van der Waals surface area contributed by atoms with Crippen LogP contribution in [0.2, 0.25) is 0 Å². The minimum atomic E-state index is 0.0689. The van der Waals surface area contributed by atoms with Crippen LogP contribution in [0.5, 0.6) is 0 Å². The van der Waals surface area contributed by atoms with E-state index in [4.69, 9.17) is 0 Å². The summed E-state index contributed by atoms with van der Waals surface area (Å²) in [7, 11) is 1.91. The highest BCUT2D eigenvalue weighted by atomic mass is 16.2. The summed E-state index contributed by atoms with van der Waals surface area (Å²) in [5, 5.41) is 7.59. The van der Waals surface area contributed by atoms with Crippen molar-refractivity contribution >= 4 is 11.7 Å². The van der Waals surface area contributed by atoms with Crippen molar-refractivity contribution in [2.24, 2.45) is 7.05 Å². The van der Waals surface area contributed by atoms with Crippen LogP contribution < -0.4 is 5.32 Å². The molecule has 2 aromatic heterocycles. The number of aromatic nitrogens is 3. The fourth-order valence-corrected chi connectivity index (χ4v) is 3.60. The van der Waals surface area contributed by atoms with Crippen molar-refractivity contribution in [3.63, 3.8) is 0 Å². The van der Waals surface area contributed by atoms with E-state index in [1.807, 2.05) is 42.5 Å². The average molecular weight is 375 g/mol.